The van der Waals surface area contributed by atoms with Crippen LogP contribution in [0.2, 0.25) is 0 Å². The van der Waals surface area contributed by atoms with Crippen LogP contribution in [0.1, 0.15) is 37.8 Å². The maximum Gasteiger partial charge on any atom is 0.433 e. The van der Waals surface area contributed by atoms with Crippen molar-refractivity contribution in [1.29, 1.82) is 0 Å². The van der Waals surface area contributed by atoms with Crippen LogP contribution in [-0.4, -0.2) is 12.9 Å². The van der Waals surface area contributed by atoms with E-state index < -0.39 is 11.9 Å². The molecule has 1 aromatic rings. The van der Waals surface area contributed by atoms with E-state index >= 15 is 0 Å². The Balaban J connectivity index is 3.08. The molecule has 0 amide bonds. The number of aliphatic imine (C=N–C) groups is 1. The van der Waals surface area contributed by atoms with Crippen LogP contribution < -0.4 is 0 Å². The van der Waals surface area contributed by atoms with E-state index in [9.17, 15) is 13.2 Å². The number of alkyl halides is 3. The van der Waals surface area contributed by atoms with Gasteiger partial charge >= 0.3 is 6.18 Å². The molecule has 0 aliphatic heterocycles. The first-order valence-electron chi connectivity index (χ1n) is 6.28. The van der Waals surface area contributed by atoms with Crippen LogP contribution in [0.25, 0.3) is 5.57 Å². The monoisotopic (exact) mass is 281 g/mol. The summed E-state index contributed by atoms with van der Waals surface area (Å²) in [5.41, 5.74) is 1.81. The maximum atomic E-state index is 12.5. The molecule has 0 saturated carbocycles. The molecule has 1 nitrogen and oxygen atoms in total. The predicted octanol–water partition coefficient (Wildman–Crippen LogP) is 5.36. The SMILES string of the molecule is C=N/C(=C\C=C(/C)c1cccc(C(C)C)c1)C(F)(F)F. The zero-order valence-corrected chi connectivity index (χ0v) is 11.8. The molecule has 20 heavy (non-hydrogen) atoms. The molecule has 4 heteroatoms. The Kier molecular flexibility index (Phi) is 5.31. The predicted molar refractivity (Wildman–Crippen MR) is 77.9 cm³/mol. The van der Waals surface area contributed by atoms with Crippen LogP contribution in [0.15, 0.2) is 47.1 Å². The van der Waals surface area contributed by atoms with Crippen molar-refractivity contribution in [2.45, 2.75) is 32.9 Å². The maximum absolute atomic E-state index is 12.5. The summed E-state index contributed by atoms with van der Waals surface area (Å²) in [5, 5.41) is 0. The normalized spacial score (nSPS) is 13.8. The second-order valence-electron chi connectivity index (χ2n) is 4.84. The van der Waals surface area contributed by atoms with Gasteiger partial charge in [0.2, 0.25) is 0 Å². The Hall–Kier alpha value is -1.84. The number of nitrogens with zero attached hydrogens (tertiary/aromatic N) is 1. The average molecular weight is 281 g/mol. The van der Waals surface area contributed by atoms with Gasteiger partial charge in [0, 0.05) is 0 Å². The topological polar surface area (TPSA) is 12.4 Å². The van der Waals surface area contributed by atoms with Crippen molar-refractivity contribution in [3.8, 4) is 0 Å². The van der Waals surface area contributed by atoms with Crippen LogP contribution in [-0.2, 0) is 0 Å². The van der Waals surface area contributed by atoms with E-state index in [0.717, 1.165) is 22.8 Å². The summed E-state index contributed by atoms with van der Waals surface area (Å²) in [7, 11) is 0. The van der Waals surface area contributed by atoms with E-state index in [2.05, 4.69) is 25.6 Å². The lowest BCUT2D eigenvalue weighted by molar-refractivity contribution is -0.0921. The minimum atomic E-state index is -4.47. The summed E-state index contributed by atoms with van der Waals surface area (Å²) in [5.74, 6) is 0.374. The molecule has 0 spiro atoms. The molecule has 0 radical (unpaired) electrons. The highest BCUT2D eigenvalue weighted by Crippen LogP contribution is 2.27. The summed E-state index contributed by atoms with van der Waals surface area (Å²) in [6, 6.07) is 7.77. The first kappa shape index (κ1) is 16.2. The fraction of sp³-hybridized carbons (Fsp3) is 0.312. The van der Waals surface area contributed by atoms with Crippen molar-refractivity contribution >= 4 is 12.3 Å². The van der Waals surface area contributed by atoms with Crippen molar-refractivity contribution < 1.29 is 13.2 Å². The van der Waals surface area contributed by atoms with Crippen molar-refractivity contribution in [2.24, 2.45) is 4.99 Å². The molecule has 0 unspecified atom stereocenters. The lowest BCUT2D eigenvalue weighted by Gasteiger charge is -2.08. The van der Waals surface area contributed by atoms with Gasteiger partial charge in [-0.3, -0.25) is 4.99 Å². The Morgan fingerprint density at radius 2 is 1.90 bits per heavy atom. The van der Waals surface area contributed by atoms with Gasteiger partial charge < -0.3 is 0 Å². The van der Waals surface area contributed by atoms with E-state index in [0.29, 0.717) is 5.92 Å². The van der Waals surface area contributed by atoms with E-state index in [1.807, 2.05) is 24.3 Å². The number of benzene rings is 1. The lowest BCUT2D eigenvalue weighted by atomic mass is 9.98. The zero-order valence-electron chi connectivity index (χ0n) is 11.8. The highest BCUT2D eigenvalue weighted by molar-refractivity contribution is 5.66. The third-order valence-electron chi connectivity index (χ3n) is 2.96. The smallest absolute Gasteiger partial charge is 0.260 e. The first-order valence-corrected chi connectivity index (χ1v) is 6.28. The van der Waals surface area contributed by atoms with Gasteiger partial charge in [-0.1, -0.05) is 44.2 Å². The van der Waals surface area contributed by atoms with Gasteiger partial charge in [0.1, 0.15) is 5.70 Å². The van der Waals surface area contributed by atoms with Crippen LogP contribution in [0.4, 0.5) is 13.2 Å². The van der Waals surface area contributed by atoms with Gasteiger partial charge in [-0.15, -0.1) is 0 Å². The fourth-order valence-electron chi connectivity index (χ4n) is 1.68. The van der Waals surface area contributed by atoms with Gasteiger partial charge in [-0.25, -0.2) is 0 Å². The van der Waals surface area contributed by atoms with Gasteiger partial charge in [-0.2, -0.15) is 13.2 Å². The summed E-state index contributed by atoms with van der Waals surface area (Å²) in [6.45, 7) is 8.86. The van der Waals surface area contributed by atoms with Crippen LogP contribution in [0.3, 0.4) is 0 Å². The molecule has 0 N–H and O–H groups in total. The van der Waals surface area contributed by atoms with Crippen molar-refractivity contribution in [3.63, 3.8) is 0 Å². The molecule has 1 rings (SSSR count). The van der Waals surface area contributed by atoms with Crippen LogP contribution >= 0.6 is 0 Å². The molecular formula is C16H18F3N. The first-order chi connectivity index (χ1) is 9.25. The summed E-state index contributed by atoms with van der Waals surface area (Å²) < 4.78 is 37.5. The van der Waals surface area contributed by atoms with Gasteiger partial charge in [0.15, 0.2) is 0 Å². The second-order valence-corrected chi connectivity index (χ2v) is 4.84. The van der Waals surface area contributed by atoms with E-state index in [1.165, 1.54) is 6.08 Å². The number of halogens is 3. The van der Waals surface area contributed by atoms with Gasteiger partial charge in [-0.05, 0) is 42.3 Å². The van der Waals surface area contributed by atoms with Gasteiger partial charge in [0.05, 0.1) is 0 Å². The molecule has 0 fully saturated rings. The Bertz CT molecular complexity index is 537. The largest absolute Gasteiger partial charge is 0.433 e. The third kappa shape index (κ3) is 4.37. The molecule has 0 heterocycles. The average Bonchev–Trinajstić information content (AvgIpc) is 2.37. The number of hydrogen-bond donors (Lipinski definition) is 0. The number of rotatable bonds is 4. The van der Waals surface area contributed by atoms with E-state index in [1.54, 1.807) is 6.92 Å². The molecule has 0 aromatic heterocycles. The minimum Gasteiger partial charge on any atom is -0.260 e. The Morgan fingerprint density at radius 3 is 2.40 bits per heavy atom. The highest BCUT2D eigenvalue weighted by Gasteiger charge is 2.32. The lowest BCUT2D eigenvalue weighted by Crippen LogP contribution is -2.09. The Morgan fingerprint density at radius 1 is 1.25 bits per heavy atom. The highest BCUT2D eigenvalue weighted by atomic mass is 19.4. The summed E-state index contributed by atoms with van der Waals surface area (Å²) in [4.78, 5) is 3.01. The molecular weight excluding hydrogens is 263 g/mol. The minimum absolute atomic E-state index is 0.374. The van der Waals surface area contributed by atoms with E-state index in [-0.39, 0.29) is 0 Å². The zero-order chi connectivity index (χ0) is 15.3. The molecule has 1 aromatic carbocycles. The van der Waals surface area contributed by atoms with Crippen molar-refractivity contribution in [1.82, 2.24) is 0 Å². The number of hydrogen-bond acceptors (Lipinski definition) is 1. The van der Waals surface area contributed by atoms with Gasteiger partial charge in [0.25, 0.3) is 0 Å². The van der Waals surface area contributed by atoms with Crippen molar-refractivity contribution in [2.75, 3.05) is 0 Å². The molecule has 108 valence electrons. The summed E-state index contributed by atoms with van der Waals surface area (Å²) in [6.07, 6.45) is -2.11. The number of allylic oxidation sites excluding steroid dienone is 4. The van der Waals surface area contributed by atoms with E-state index in [4.69, 9.17) is 0 Å². The molecule has 0 atom stereocenters. The fourth-order valence-corrected chi connectivity index (χ4v) is 1.68. The van der Waals surface area contributed by atoms with Crippen LogP contribution in [0, 0.1) is 0 Å². The van der Waals surface area contributed by atoms with Crippen molar-refractivity contribution in [3.05, 3.63) is 53.2 Å². The molecule has 0 aliphatic carbocycles. The second kappa shape index (κ2) is 6.55. The summed E-state index contributed by atoms with van der Waals surface area (Å²) >= 11 is 0. The third-order valence-corrected chi connectivity index (χ3v) is 2.96. The van der Waals surface area contributed by atoms with Crippen LogP contribution in [0.5, 0.6) is 0 Å². The standard InChI is InChI=1S/C16H18F3N/c1-11(2)13-6-5-7-14(10-13)12(3)8-9-15(20-4)16(17,18)19/h5-11H,4H2,1-3H3/b12-8+,15-9-. The molecule has 0 aliphatic rings. The Labute approximate surface area is 117 Å². The molecule has 0 saturated heterocycles. The molecule has 0 bridgehead atoms. The quantitative estimate of drug-likeness (QED) is 0.520.